The number of methoxy groups -OCH3 is 1. The minimum atomic E-state index is -0.275. The SMILES string of the molecule is COC(=O)CCCC(=O)N1CCN(c2ccc(Nc3nc(-c4ccc5c(c4)CN=C5)cn4ccnc34)cc2)CC1. The summed E-state index contributed by atoms with van der Waals surface area (Å²) >= 11 is 0. The standard InChI is InChI=1S/C30H31N7O3/c1-40-28(39)4-2-3-27(38)36-15-13-35(14-16-36)25-9-7-24(8-10-25)33-29-30-32-11-12-37(30)20-26(34-29)21-5-6-22-18-31-19-23(22)17-21/h5-12,17-18,20H,2-4,13-16,19H2,1H3,(H,33,34). The number of fused-ring (bicyclic) bond motifs is 2. The number of anilines is 3. The molecular weight excluding hydrogens is 506 g/mol. The van der Waals surface area contributed by atoms with Crippen molar-refractivity contribution in [3.8, 4) is 11.3 Å². The minimum absolute atomic E-state index is 0.0939. The Kier molecular flexibility index (Phi) is 7.13. The summed E-state index contributed by atoms with van der Waals surface area (Å²) in [5.41, 5.74) is 7.05. The zero-order valence-electron chi connectivity index (χ0n) is 22.4. The van der Waals surface area contributed by atoms with Crippen molar-refractivity contribution in [2.75, 3.05) is 43.5 Å². The van der Waals surface area contributed by atoms with E-state index in [2.05, 4.69) is 55.3 Å². The van der Waals surface area contributed by atoms with Crippen LogP contribution in [0.15, 0.2) is 66.0 Å². The van der Waals surface area contributed by atoms with Crippen LogP contribution in [0.2, 0.25) is 0 Å². The number of nitrogens with one attached hydrogen (secondary N) is 1. The van der Waals surface area contributed by atoms with Crippen LogP contribution in [-0.4, -0.2) is 70.6 Å². The van der Waals surface area contributed by atoms with Gasteiger partial charge in [-0.1, -0.05) is 12.1 Å². The number of amides is 1. The number of piperazine rings is 1. The van der Waals surface area contributed by atoms with Gasteiger partial charge >= 0.3 is 5.97 Å². The first-order valence-electron chi connectivity index (χ1n) is 13.5. The zero-order chi connectivity index (χ0) is 27.5. The lowest BCUT2D eigenvalue weighted by Crippen LogP contribution is -2.48. The summed E-state index contributed by atoms with van der Waals surface area (Å²) in [4.78, 5) is 41.7. The van der Waals surface area contributed by atoms with Gasteiger partial charge < -0.3 is 24.3 Å². The molecule has 1 N–H and O–H groups in total. The van der Waals surface area contributed by atoms with E-state index >= 15 is 0 Å². The highest BCUT2D eigenvalue weighted by Gasteiger charge is 2.21. The molecule has 0 radical (unpaired) electrons. The van der Waals surface area contributed by atoms with Crippen molar-refractivity contribution in [3.05, 3.63) is 72.2 Å². The van der Waals surface area contributed by atoms with E-state index in [-0.39, 0.29) is 18.3 Å². The van der Waals surface area contributed by atoms with Crippen LogP contribution in [0.25, 0.3) is 16.9 Å². The number of carbonyl (C=O) groups excluding carboxylic acids is 2. The number of aromatic nitrogens is 3. The molecule has 2 aromatic heterocycles. The lowest BCUT2D eigenvalue weighted by molar-refractivity contribution is -0.140. The molecule has 0 unspecified atom stereocenters. The molecule has 40 heavy (non-hydrogen) atoms. The number of aliphatic imine (C=N–C) groups is 1. The Labute approximate surface area is 232 Å². The molecule has 6 rings (SSSR count). The first-order valence-corrected chi connectivity index (χ1v) is 13.5. The van der Waals surface area contributed by atoms with E-state index in [9.17, 15) is 9.59 Å². The van der Waals surface area contributed by atoms with E-state index in [0.717, 1.165) is 46.9 Å². The third-order valence-corrected chi connectivity index (χ3v) is 7.43. The summed E-state index contributed by atoms with van der Waals surface area (Å²) in [6.07, 6.45) is 8.78. The van der Waals surface area contributed by atoms with Crippen LogP contribution in [0.1, 0.15) is 30.4 Å². The van der Waals surface area contributed by atoms with Crippen LogP contribution >= 0.6 is 0 Å². The highest BCUT2D eigenvalue weighted by atomic mass is 16.5. The predicted molar refractivity (Wildman–Crippen MR) is 154 cm³/mol. The molecule has 4 aromatic rings. The van der Waals surface area contributed by atoms with Gasteiger partial charge in [0.25, 0.3) is 0 Å². The molecular formula is C30H31N7O3. The van der Waals surface area contributed by atoms with E-state index in [0.29, 0.717) is 38.3 Å². The number of ether oxygens (including phenoxy) is 1. The summed E-state index contributed by atoms with van der Waals surface area (Å²) in [6, 6.07) is 14.6. The molecule has 2 aliphatic heterocycles. The first-order chi connectivity index (χ1) is 19.6. The molecule has 0 saturated carbocycles. The van der Waals surface area contributed by atoms with Crippen molar-refractivity contribution in [2.45, 2.75) is 25.8 Å². The zero-order valence-corrected chi connectivity index (χ0v) is 22.4. The van der Waals surface area contributed by atoms with E-state index in [1.165, 1.54) is 12.7 Å². The molecule has 2 aliphatic rings. The Morgan fingerprint density at radius 2 is 1.85 bits per heavy atom. The van der Waals surface area contributed by atoms with E-state index in [1.807, 2.05) is 40.0 Å². The van der Waals surface area contributed by atoms with Gasteiger partial charge in [0.2, 0.25) is 5.91 Å². The summed E-state index contributed by atoms with van der Waals surface area (Å²) in [7, 11) is 1.37. The maximum Gasteiger partial charge on any atom is 0.305 e. The first kappa shape index (κ1) is 25.5. The number of carbonyl (C=O) groups is 2. The van der Waals surface area contributed by atoms with Crippen molar-refractivity contribution in [3.63, 3.8) is 0 Å². The molecule has 204 valence electrons. The highest BCUT2D eigenvalue weighted by molar-refractivity contribution is 5.86. The molecule has 0 atom stereocenters. The Morgan fingerprint density at radius 1 is 1.02 bits per heavy atom. The average Bonchev–Trinajstić information content (AvgIpc) is 3.67. The highest BCUT2D eigenvalue weighted by Crippen LogP contribution is 2.28. The maximum atomic E-state index is 12.5. The van der Waals surface area contributed by atoms with Crippen molar-refractivity contribution in [1.29, 1.82) is 0 Å². The van der Waals surface area contributed by atoms with Gasteiger partial charge in [0.05, 0.1) is 19.3 Å². The van der Waals surface area contributed by atoms with Crippen LogP contribution in [0.4, 0.5) is 17.2 Å². The molecule has 0 spiro atoms. The number of benzene rings is 2. The lowest BCUT2D eigenvalue weighted by atomic mass is 10.0. The van der Waals surface area contributed by atoms with Crippen LogP contribution < -0.4 is 10.2 Å². The fourth-order valence-corrected chi connectivity index (χ4v) is 5.18. The van der Waals surface area contributed by atoms with E-state index in [4.69, 9.17) is 4.98 Å². The van der Waals surface area contributed by atoms with Crippen molar-refractivity contribution in [2.24, 2.45) is 4.99 Å². The van der Waals surface area contributed by atoms with Crippen LogP contribution in [0.3, 0.4) is 0 Å². The fourth-order valence-electron chi connectivity index (χ4n) is 5.18. The Morgan fingerprint density at radius 3 is 2.65 bits per heavy atom. The topological polar surface area (TPSA) is 104 Å². The number of nitrogens with zero attached hydrogens (tertiary/aromatic N) is 6. The van der Waals surface area contributed by atoms with Gasteiger partial charge in [-0.15, -0.1) is 0 Å². The second-order valence-corrected chi connectivity index (χ2v) is 9.99. The molecule has 1 amide bonds. The van der Waals surface area contributed by atoms with Crippen LogP contribution in [-0.2, 0) is 20.9 Å². The molecule has 0 aliphatic carbocycles. The summed E-state index contributed by atoms with van der Waals surface area (Å²) in [6.45, 7) is 3.57. The predicted octanol–water partition coefficient (Wildman–Crippen LogP) is 4.06. The van der Waals surface area contributed by atoms with Gasteiger partial charge in [0.1, 0.15) is 0 Å². The van der Waals surface area contributed by atoms with E-state index in [1.54, 1.807) is 6.20 Å². The third kappa shape index (κ3) is 5.38. The number of hydrogen-bond acceptors (Lipinski definition) is 8. The van der Waals surface area contributed by atoms with Gasteiger partial charge in [-0.25, -0.2) is 9.97 Å². The number of rotatable bonds is 8. The Bertz CT molecular complexity index is 1570. The molecule has 4 heterocycles. The Hall–Kier alpha value is -4.73. The van der Waals surface area contributed by atoms with Crippen LogP contribution in [0.5, 0.6) is 0 Å². The number of esters is 1. The second-order valence-electron chi connectivity index (χ2n) is 9.99. The number of hydrogen-bond donors (Lipinski definition) is 1. The van der Waals surface area contributed by atoms with Gasteiger partial charge in [-0.2, -0.15) is 0 Å². The van der Waals surface area contributed by atoms with Gasteiger partial charge in [-0.05, 0) is 47.9 Å². The average molecular weight is 538 g/mol. The van der Waals surface area contributed by atoms with Gasteiger partial charge in [0.15, 0.2) is 11.5 Å². The molecule has 10 heteroatoms. The van der Waals surface area contributed by atoms with Crippen molar-refractivity contribution >= 4 is 40.9 Å². The minimum Gasteiger partial charge on any atom is -0.469 e. The maximum absolute atomic E-state index is 12.5. The largest absolute Gasteiger partial charge is 0.469 e. The molecule has 10 nitrogen and oxygen atoms in total. The third-order valence-electron chi connectivity index (χ3n) is 7.43. The van der Waals surface area contributed by atoms with Gasteiger partial charge in [-0.3, -0.25) is 14.6 Å². The fraction of sp³-hybridized carbons (Fsp3) is 0.300. The molecule has 1 fully saturated rings. The molecule has 1 saturated heterocycles. The quantitative estimate of drug-likeness (QED) is 0.338. The summed E-state index contributed by atoms with van der Waals surface area (Å²) < 4.78 is 6.63. The van der Waals surface area contributed by atoms with Crippen molar-refractivity contribution in [1.82, 2.24) is 19.3 Å². The smallest absolute Gasteiger partial charge is 0.305 e. The Balaban J connectivity index is 1.10. The molecule has 0 bridgehead atoms. The summed E-state index contributed by atoms with van der Waals surface area (Å²) in [5, 5.41) is 3.46. The number of imidazole rings is 1. The monoisotopic (exact) mass is 537 g/mol. The normalized spacial score (nSPS) is 14.4. The molecule has 2 aromatic carbocycles. The van der Waals surface area contributed by atoms with Crippen molar-refractivity contribution < 1.29 is 14.3 Å². The summed E-state index contributed by atoms with van der Waals surface area (Å²) in [5.74, 6) is 0.505. The lowest BCUT2D eigenvalue weighted by Gasteiger charge is -2.36. The second kappa shape index (κ2) is 11.2. The van der Waals surface area contributed by atoms with E-state index < -0.39 is 0 Å². The van der Waals surface area contributed by atoms with Crippen LogP contribution in [0, 0.1) is 0 Å². The van der Waals surface area contributed by atoms with Gasteiger partial charge in [0, 0.05) is 80.8 Å².